The molecule has 0 aliphatic rings. The SMILES string of the molecule is CCC(c1ccc2[nH]ccc2c1)c1ccc2cc[nH]c2c1. The van der Waals surface area contributed by atoms with Crippen LogP contribution in [-0.2, 0) is 0 Å². The molecule has 2 heterocycles. The van der Waals surface area contributed by atoms with Crippen molar-refractivity contribution in [2.24, 2.45) is 0 Å². The second-order valence-electron chi connectivity index (χ2n) is 5.61. The van der Waals surface area contributed by atoms with E-state index in [-0.39, 0.29) is 0 Å². The fourth-order valence-corrected chi connectivity index (χ4v) is 3.23. The minimum atomic E-state index is 0.442. The first-order valence-electron chi connectivity index (χ1n) is 7.49. The number of aromatic amines is 2. The number of hydrogen-bond donors (Lipinski definition) is 2. The van der Waals surface area contributed by atoms with Crippen molar-refractivity contribution in [2.75, 3.05) is 0 Å². The highest BCUT2D eigenvalue weighted by Crippen LogP contribution is 2.31. The lowest BCUT2D eigenvalue weighted by atomic mass is 9.88. The minimum absolute atomic E-state index is 0.442. The predicted molar refractivity (Wildman–Crippen MR) is 88.7 cm³/mol. The van der Waals surface area contributed by atoms with Crippen molar-refractivity contribution < 1.29 is 0 Å². The predicted octanol–water partition coefficient (Wildman–Crippen LogP) is 5.19. The van der Waals surface area contributed by atoms with Gasteiger partial charge in [0.2, 0.25) is 0 Å². The molecule has 2 nitrogen and oxygen atoms in total. The van der Waals surface area contributed by atoms with Gasteiger partial charge in [-0.25, -0.2) is 0 Å². The van der Waals surface area contributed by atoms with Gasteiger partial charge in [0, 0.05) is 29.3 Å². The molecule has 2 aromatic heterocycles. The molecule has 4 aromatic rings. The fourth-order valence-electron chi connectivity index (χ4n) is 3.23. The van der Waals surface area contributed by atoms with Crippen molar-refractivity contribution in [1.82, 2.24) is 9.97 Å². The first kappa shape index (κ1) is 12.3. The second kappa shape index (κ2) is 4.81. The highest BCUT2D eigenvalue weighted by Gasteiger charge is 2.13. The van der Waals surface area contributed by atoms with Gasteiger partial charge in [0.25, 0.3) is 0 Å². The first-order chi connectivity index (χ1) is 10.3. The Hall–Kier alpha value is -2.48. The quantitative estimate of drug-likeness (QED) is 0.515. The molecule has 1 atom stereocenters. The summed E-state index contributed by atoms with van der Waals surface area (Å²) < 4.78 is 0. The highest BCUT2D eigenvalue weighted by atomic mass is 14.7. The zero-order chi connectivity index (χ0) is 14.2. The van der Waals surface area contributed by atoms with Gasteiger partial charge in [0.05, 0.1) is 0 Å². The maximum atomic E-state index is 3.31. The van der Waals surface area contributed by atoms with E-state index in [9.17, 15) is 0 Å². The average molecular weight is 274 g/mol. The maximum absolute atomic E-state index is 3.31. The zero-order valence-electron chi connectivity index (χ0n) is 12.1. The Kier molecular flexibility index (Phi) is 2.81. The molecule has 0 aliphatic carbocycles. The van der Waals surface area contributed by atoms with Crippen LogP contribution >= 0.6 is 0 Å². The van der Waals surface area contributed by atoms with E-state index < -0.39 is 0 Å². The van der Waals surface area contributed by atoms with Crippen molar-refractivity contribution in [2.45, 2.75) is 19.3 Å². The monoisotopic (exact) mass is 274 g/mol. The standard InChI is InChI=1S/C19H18N2/c1-2-17(14-5-6-18-16(11-14)8-10-20-18)15-4-3-13-7-9-21-19(13)12-15/h3-12,17,20-21H,2H2,1H3. The molecule has 1 unspecified atom stereocenters. The van der Waals surface area contributed by atoms with Crippen LogP contribution in [0.15, 0.2) is 60.9 Å². The number of aromatic nitrogens is 2. The summed E-state index contributed by atoms with van der Waals surface area (Å²) in [7, 11) is 0. The van der Waals surface area contributed by atoms with E-state index in [1.165, 1.54) is 32.9 Å². The number of rotatable bonds is 3. The summed E-state index contributed by atoms with van der Waals surface area (Å²) in [5, 5.41) is 2.56. The Bertz CT molecular complexity index is 824. The average Bonchev–Trinajstić information content (AvgIpc) is 3.15. The Morgan fingerprint density at radius 1 is 0.762 bits per heavy atom. The third-order valence-electron chi connectivity index (χ3n) is 4.37. The summed E-state index contributed by atoms with van der Waals surface area (Å²) in [6, 6.07) is 17.7. The first-order valence-corrected chi connectivity index (χ1v) is 7.49. The molecule has 2 N–H and O–H groups in total. The zero-order valence-corrected chi connectivity index (χ0v) is 12.1. The molecule has 2 aromatic carbocycles. The van der Waals surface area contributed by atoms with Crippen molar-refractivity contribution in [3.63, 3.8) is 0 Å². The van der Waals surface area contributed by atoms with E-state index in [1.807, 2.05) is 12.4 Å². The highest BCUT2D eigenvalue weighted by molar-refractivity contribution is 5.81. The third kappa shape index (κ3) is 2.04. The Labute approximate surface area is 123 Å². The van der Waals surface area contributed by atoms with Crippen molar-refractivity contribution in [3.05, 3.63) is 72.1 Å². The van der Waals surface area contributed by atoms with Crippen LogP contribution in [0.5, 0.6) is 0 Å². The minimum Gasteiger partial charge on any atom is -0.361 e. The van der Waals surface area contributed by atoms with E-state index >= 15 is 0 Å². The second-order valence-corrected chi connectivity index (χ2v) is 5.61. The normalized spacial score (nSPS) is 13.0. The number of fused-ring (bicyclic) bond motifs is 2. The Morgan fingerprint density at radius 2 is 1.48 bits per heavy atom. The van der Waals surface area contributed by atoms with Crippen LogP contribution in [0.25, 0.3) is 21.8 Å². The number of nitrogens with one attached hydrogen (secondary N) is 2. The smallest absolute Gasteiger partial charge is 0.0456 e. The van der Waals surface area contributed by atoms with Crippen LogP contribution < -0.4 is 0 Å². The lowest BCUT2D eigenvalue weighted by molar-refractivity contribution is 0.779. The Balaban J connectivity index is 1.81. The third-order valence-corrected chi connectivity index (χ3v) is 4.37. The van der Waals surface area contributed by atoms with Gasteiger partial charge in [-0.2, -0.15) is 0 Å². The maximum Gasteiger partial charge on any atom is 0.0456 e. The largest absolute Gasteiger partial charge is 0.361 e. The lowest BCUT2D eigenvalue weighted by Gasteiger charge is -2.16. The van der Waals surface area contributed by atoms with Crippen LogP contribution in [0.4, 0.5) is 0 Å². The topological polar surface area (TPSA) is 31.6 Å². The van der Waals surface area contributed by atoms with Gasteiger partial charge >= 0.3 is 0 Å². The summed E-state index contributed by atoms with van der Waals surface area (Å²) in [6.07, 6.45) is 5.10. The summed E-state index contributed by atoms with van der Waals surface area (Å²) in [6.45, 7) is 2.25. The molecule has 4 rings (SSSR count). The van der Waals surface area contributed by atoms with Crippen LogP contribution in [0.1, 0.15) is 30.4 Å². The summed E-state index contributed by atoms with van der Waals surface area (Å²) >= 11 is 0. The van der Waals surface area contributed by atoms with Gasteiger partial charge in [-0.15, -0.1) is 0 Å². The fraction of sp³-hybridized carbons (Fsp3) is 0.158. The van der Waals surface area contributed by atoms with Gasteiger partial charge in [0.1, 0.15) is 0 Å². The number of hydrogen-bond acceptors (Lipinski definition) is 0. The molecular formula is C19H18N2. The van der Waals surface area contributed by atoms with E-state index in [0.717, 1.165) is 6.42 Å². The van der Waals surface area contributed by atoms with Gasteiger partial charge in [0.15, 0.2) is 0 Å². The van der Waals surface area contributed by atoms with E-state index in [0.29, 0.717) is 5.92 Å². The molecule has 0 spiro atoms. The molecule has 0 radical (unpaired) electrons. The lowest BCUT2D eigenvalue weighted by Crippen LogP contribution is -1.99. The summed E-state index contributed by atoms with van der Waals surface area (Å²) in [5.41, 5.74) is 5.18. The summed E-state index contributed by atoms with van der Waals surface area (Å²) in [5.74, 6) is 0.442. The molecule has 0 bridgehead atoms. The number of benzene rings is 2. The Morgan fingerprint density at radius 3 is 2.33 bits per heavy atom. The van der Waals surface area contributed by atoms with Crippen LogP contribution in [0.3, 0.4) is 0 Å². The van der Waals surface area contributed by atoms with E-state index in [2.05, 4.69) is 65.4 Å². The van der Waals surface area contributed by atoms with Crippen molar-refractivity contribution >= 4 is 21.8 Å². The van der Waals surface area contributed by atoms with Gasteiger partial charge in [-0.05, 0) is 58.7 Å². The number of H-pyrrole nitrogens is 2. The van der Waals surface area contributed by atoms with Crippen LogP contribution in [0.2, 0.25) is 0 Å². The molecular weight excluding hydrogens is 256 g/mol. The van der Waals surface area contributed by atoms with Crippen LogP contribution in [0, 0.1) is 0 Å². The molecule has 0 saturated carbocycles. The molecule has 0 fully saturated rings. The summed E-state index contributed by atoms with van der Waals surface area (Å²) in [4.78, 5) is 6.57. The molecule has 0 amide bonds. The van der Waals surface area contributed by atoms with Gasteiger partial charge < -0.3 is 9.97 Å². The van der Waals surface area contributed by atoms with Crippen molar-refractivity contribution in [3.8, 4) is 0 Å². The molecule has 0 aliphatic heterocycles. The molecule has 0 saturated heterocycles. The molecule has 104 valence electrons. The van der Waals surface area contributed by atoms with Crippen molar-refractivity contribution in [1.29, 1.82) is 0 Å². The van der Waals surface area contributed by atoms with Gasteiger partial charge in [-0.3, -0.25) is 0 Å². The van der Waals surface area contributed by atoms with E-state index in [4.69, 9.17) is 0 Å². The molecule has 21 heavy (non-hydrogen) atoms. The van der Waals surface area contributed by atoms with Crippen LogP contribution in [-0.4, -0.2) is 9.97 Å². The molecule has 2 heteroatoms. The van der Waals surface area contributed by atoms with E-state index in [1.54, 1.807) is 0 Å². The van der Waals surface area contributed by atoms with Gasteiger partial charge in [-0.1, -0.05) is 25.1 Å².